The van der Waals surface area contributed by atoms with Crippen molar-refractivity contribution in [1.29, 1.82) is 0 Å². The van der Waals surface area contributed by atoms with Crippen LogP contribution in [0.3, 0.4) is 0 Å². The van der Waals surface area contributed by atoms with Gasteiger partial charge in [-0.3, -0.25) is 5.01 Å². The summed E-state index contributed by atoms with van der Waals surface area (Å²) in [4.78, 5) is 1.59. The number of rotatable bonds is 7. The highest BCUT2D eigenvalue weighted by molar-refractivity contribution is 5.88. The second-order valence-corrected chi connectivity index (χ2v) is 7.71. The molecular formula is C25H30N3O3+. The monoisotopic (exact) mass is 420 g/mol. The zero-order chi connectivity index (χ0) is 21.6. The van der Waals surface area contributed by atoms with Crippen LogP contribution >= 0.6 is 0 Å². The molecule has 6 heteroatoms. The van der Waals surface area contributed by atoms with Gasteiger partial charge >= 0.3 is 0 Å². The lowest BCUT2D eigenvalue weighted by Crippen LogP contribution is -3.13. The summed E-state index contributed by atoms with van der Waals surface area (Å²) < 4.78 is 16.3. The lowest BCUT2D eigenvalue weighted by molar-refractivity contribution is -0.918. The Morgan fingerprint density at radius 1 is 0.903 bits per heavy atom. The number of ether oxygens (including phenoxy) is 3. The SMILES string of the molecule is COc1cc(OC)c(/C=N\N2CC[NH+](Cc3cccc4ccccc34)CC2)c(OC)c1. The Labute approximate surface area is 183 Å². The number of fused-ring (bicyclic) bond motifs is 1. The first-order valence-electron chi connectivity index (χ1n) is 10.6. The van der Waals surface area contributed by atoms with Crippen LogP contribution < -0.4 is 19.1 Å². The molecule has 1 saturated heterocycles. The van der Waals surface area contributed by atoms with Gasteiger partial charge in [0.1, 0.15) is 23.8 Å². The van der Waals surface area contributed by atoms with Crippen LogP contribution in [0.25, 0.3) is 10.8 Å². The van der Waals surface area contributed by atoms with Gasteiger partial charge < -0.3 is 19.1 Å². The molecule has 0 amide bonds. The second-order valence-electron chi connectivity index (χ2n) is 7.71. The van der Waals surface area contributed by atoms with Crippen molar-refractivity contribution < 1.29 is 19.1 Å². The van der Waals surface area contributed by atoms with E-state index >= 15 is 0 Å². The molecule has 1 heterocycles. The third-order valence-corrected chi connectivity index (χ3v) is 5.87. The van der Waals surface area contributed by atoms with E-state index in [1.54, 1.807) is 26.2 Å². The fourth-order valence-electron chi connectivity index (χ4n) is 4.12. The van der Waals surface area contributed by atoms with E-state index < -0.39 is 0 Å². The number of nitrogens with one attached hydrogen (secondary N) is 1. The summed E-state index contributed by atoms with van der Waals surface area (Å²) in [6.07, 6.45) is 1.83. The van der Waals surface area contributed by atoms with E-state index in [1.807, 2.05) is 18.3 Å². The van der Waals surface area contributed by atoms with E-state index in [9.17, 15) is 0 Å². The van der Waals surface area contributed by atoms with E-state index in [2.05, 4.69) is 47.5 Å². The first-order valence-corrected chi connectivity index (χ1v) is 10.6. The minimum Gasteiger partial charge on any atom is -0.496 e. The molecule has 162 valence electrons. The molecule has 0 atom stereocenters. The highest BCUT2D eigenvalue weighted by atomic mass is 16.5. The maximum Gasteiger partial charge on any atom is 0.135 e. The van der Waals surface area contributed by atoms with Gasteiger partial charge in [-0.15, -0.1) is 0 Å². The van der Waals surface area contributed by atoms with Gasteiger partial charge in [-0.1, -0.05) is 42.5 Å². The Morgan fingerprint density at radius 3 is 2.26 bits per heavy atom. The van der Waals surface area contributed by atoms with Crippen LogP contribution in [0.4, 0.5) is 0 Å². The number of piperazine rings is 1. The Balaban J connectivity index is 1.41. The molecule has 0 bridgehead atoms. The smallest absolute Gasteiger partial charge is 0.135 e. The second kappa shape index (κ2) is 9.71. The van der Waals surface area contributed by atoms with Crippen LogP contribution in [0.5, 0.6) is 17.2 Å². The predicted molar refractivity (Wildman–Crippen MR) is 124 cm³/mol. The van der Waals surface area contributed by atoms with Gasteiger partial charge in [0, 0.05) is 17.7 Å². The predicted octanol–water partition coefficient (Wildman–Crippen LogP) is 2.60. The normalized spacial score (nSPS) is 14.9. The molecule has 0 aliphatic carbocycles. The van der Waals surface area contributed by atoms with Crippen molar-refractivity contribution in [1.82, 2.24) is 5.01 Å². The average molecular weight is 421 g/mol. The van der Waals surface area contributed by atoms with Crippen LogP contribution in [0.1, 0.15) is 11.1 Å². The number of nitrogens with zero attached hydrogens (tertiary/aromatic N) is 2. The average Bonchev–Trinajstić information content (AvgIpc) is 2.83. The van der Waals surface area contributed by atoms with Crippen molar-refractivity contribution in [2.45, 2.75) is 6.54 Å². The van der Waals surface area contributed by atoms with Crippen molar-refractivity contribution in [2.24, 2.45) is 5.10 Å². The van der Waals surface area contributed by atoms with E-state index in [0.717, 1.165) is 38.3 Å². The lowest BCUT2D eigenvalue weighted by Gasteiger charge is -2.30. The molecule has 0 unspecified atom stereocenters. The Kier molecular flexibility index (Phi) is 6.57. The number of methoxy groups -OCH3 is 3. The maximum atomic E-state index is 5.51. The van der Waals surface area contributed by atoms with E-state index in [4.69, 9.17) is 19.3 Å². The Morgan fingerprint density at radius 2 is 1.58 bits per heavy atom. The van der Waals surface area contributed by atoms with Crippen molar-refractivity contribution in [3.05, 3.63) is 65.7 Å². The molecule has 3 aromatic rings. The highest BCUT2D eigenvalue weighted by Gasteiger charge is 2.20. The molecule has 0 spiro atoms. The van der Waals surface area contributed by atoms with E-state index in [0.29, 0.717) is 17.2 Å². The molecule has 1 aliphatic heterocycles. The maximum absolute atomic E-state index is 5.51. The van der Waals surface area contributed by atoms with Crippen molar-refractivity contribution in [3.8, 4) is 17.2 Å². The minimum atomic E-state index is 0.681. The fraction of sp³-hybridized carbons (Fsp3) is 0.320. The number of hydrogen-bond donors (Lipinski definition) is 1. The Hall–Kier alpha value is -3.25. The molecule has 1 fully saturated rings. The standard InChI is InChI=1S/C25H29N3O3/c1-29-21-15-24(30-2)23(25(16-21)31-3)17-26-28-13-11-27(12-14-28)18-20-9-6-8-19-7-4-5-10-22(19)20/h4-10,15-17H,11-14,18H2,1-3H3/p+1/b26-17-. The van der Waals surface area contributed by atoms with Gasteiger partial charge in [-0.25, -0.2) is 0 Å². The third kappa shape index (κ3) is 4.75. The molecular weight excluding hydrogens is 390 g/mol. The summed E-state index contributed by atoms with van der Waals surface area (Å²) >= 11 is 0. The topological polar surface area (TPSA) is 47.7 Å². The van der Waals surface area contributed by atoms with Crippen LogP contribution in [0.2, 0.25) is 0 Å². The minimum absolute atomic E-state index is 0.681. The number of quaternary nitrogens is 1. The van der Waals surface area contributed by atoms with Gasteiger partial charge in [-0.05, 0) is 10.8 Å². The van der Waals surface area contributed by atoms with Gasteiger partial charge in [-0.2, -0.15) is 5.10 Å². The highest BCUT2D eigenvalue weighted by Crippen LogP contribution is 2.32. The fourth-order valence-corrected chi connectivity index (χ4v) is 4.12. The summed E-state index contributed by atoms with van der Waals surface area (Å²) in [7, 11) is 4.91. The van der Waals surface area contributed by atoms with Crippen LogP contribution in [0.15, 0.2) is 59.7 Å². The summed E-state index contributed by atoms with van der Waals surface area (Å²) in [5.41, 5.74) is 2.23. The molecule has 1 N–H and O–H groups in total. The molecule has 3 aromatic carbocycles. The summed E-state index contributed by atoms with van der Waals surface area (Å²) in [5.74, 6) is 2.05. The molecule has 1 aliphatic rings. The molecule has 0 aromatic heterocycles. The lowest BCUT2D eigenvalue weighted by atomic mass is 10.0. The first-order chi connectivity index (χ1) is 15.2. The number of benzene rings is 3. The summed E-state index contributed by atoms with van der Waals surface area (Å²) in [5, 5.41) is 9.50. The molecule has 31 heavy (non-hydrogen) atoms. The first kappa shape index (κ1) is 21.0. The van der Waals surface area contributed by atoms with Crippen LogP contribution in [-0.4, -0.2) is 58.7 Å². The van der Waals surface area contributed by atoms with Gasteiger partial charge in [0.25, 0.3) is 0 Å². The zero-order valence-electron chi connectivity index (χ0n) is 18.4. The van der Waals surface area contributed by atoms with Crippen molar-refractivity contribution in [3.63, 3.8) is 0 Å². The van der Waals surface area contributed by atoms with Gasteiger partial charge in [0.15, 0.2) is 0 Å². The summed E-state index contributed by atoms with van der Waals surface area (Å²) in [6.45, 7) is 4.97. The number of hydrogen-bond acceptors (Lipinski definition) is 5. The molecule has 4 rings (SSSR count). The van der Waals surface area contributed by atoms with Crippen LogP contribution in [0, 0.1) is 0 Å². The van der Waals surface area contributed by atoms with Gasteiger partial charge in [0.2, 0.25) is 0 Å². The third-order valence-electron chi connectivity index (χ3n) is 5.87. The van der Waals surface area contributed by atoms with E-state index in [-0.39, 0.29) is 0 Å². The molecule has 0 radical (unpaired) electrons. The van der Waals surface area contributed by atoms with Crippen molar-refractivity contribution in [2.75, 3.05) is 47.5 Å². The van der Waals surface area contributed by atoms with Crippen molar-refractivity contribution >= 4 is 17.0 Å². The molecule has 0 saturated carbocycles. The summed E-state index contributed by atoms with van der Waals surface area (Å²) in [6, 6.07) is 18.9. The number of hydrazone groups is 1. The largest absolute Gasteiger partial charge is 0.496 e. The Bertz CT molecular complexity index is 1030. The van der Waals surface area contributed by atoms with E-state index in [1.165, 1.54) is 16.3 Å². The van der Waals surface area contributed by atoms with Crippen LogP contribution in [-0.2, 0) is 6.54 Å². The molecule has 6 nitrogen and oxygen atoms in total. The van der Waals surface area contributed by atoms with Gasteiger partial charge in [0.05, 0.1) is 59.3 Å². The zero-order valence-corrected chi connectivity index (χ0v) is 18.4. The quantitative estimate of drug-likeness (QED) is 0.597.